The van der Waals surface area contributed by atoms with Crippen molar-refractivity contribution >= 4 is 22.4 Å². The molecule has 3 aromatic rings. The molecular formula is C20H20N2O. The number of fused-ring (bicyclic) bond motifs is 2. The van der Waals surface area contributed by atoms with Gasteiger partial charge in [0.25, 0.3) is 0 Å². The lowest BCUT2D eigenvalue weighted by Gasteiger charge is -2.26. The third-order valence-corrected chi connectivity index (χ3v) is 4.91. The predicted octanol–water partition coefficient (Wildman–Crippen LogP) is 4.11. The number of aryl methyl sites for hydroxylation is 1. The Morgan fingerprint density at radius 1 is 1.13 bits per heavy atom. The molecule has 0 bridgehead atoms. The van der Waals surface area contributed by atoms with Crippen LogP contribution in [0.2, 0.25) is 0 Å². The van der Waals surface area contributed by atoms with Crippen LogP contribution >= 0.6 is 0 Å². The molecule has 1 aliphatic rings. The molecule has 0 fully saturated rings. The van der Waals surface area contributed by atoms with E-state index < -0.39 is 0 Å². The van der Waals surface area contributed by atoms with Gasteiger partial charge < -0.3 is 9.88 Å². The van der Waals surface area contributed by atoms with E-state index in [2.05, 4.69) is 28.1 Å². The highest BCUT2D eigenvalue weighted by atomic mass is 16.1. The van der Waals surface area contributed by atoms with E-state index in [1.54, 1.807) is 0 Å². The summed E-state index contributed by atoms with van der Waals surface area (Å²) >= 11 is 0. The summed E-state index contributed by atoms with van der Waals surface area (Å²) in [5, 5.41) is 1.02. The molecule has 1 atom stereocenters. The van der Waals surface area contributed by atoms with Crippen LogP contribution in [0.3, 0.4) is 0 Å². The zero-order chi connectivity index (χ0) is 16.0. The van der Waals surface area contributed by atoms with Crippen molar-refractivity contribution in [1.29, 1.82) is 0 Å². The van der Waals surface area contributed by atoms with Crippen LogP contribution in [-0.4, -0.2) is 23.4 Å². The summed E-state index contributed by atoms with van der Waals surface area (Å²) in [6.07, 6.45) is 1.01. The molecule has 3 nitrogen and oxygen atoms in total. The molecular weight excluding hydrogens is 284 g/mol. The fraction of sp³-hybridized carbons (Fsp3) is 0.250. The highest BCUT2D eigenvalue weighted by Gasteiger charge is 2.30. The van der Waals surface area contributed by atoms with Gasteiger partial charge in [0.15, 0.2) is 5.78 Å². The Bertz CT molecular complexity index is 894. The van der Waals surface area contributed by atoms with Gasteiger partial charge in [-0.2, -0.15) is 0 Å². The van der Waals surface area contributed by atoms with Crippen LogP contribution in [0.1, 0.15) is 28.5 Å². The van der Waals surface area contributed by atoms with Gasteiger partial charge in [-0.1, -0.05) is 36.4 Å². The van der Waals surface area contributed by atoms with E-state index in [-0.39, 0.29) is 11.8 Å². The fourth-order valence-electron chi connectivity index (χ4n) is 3.71. The lowest BCUT2D eigenvalue weighted by Crippen LogP contribution is -2.38. The van der Waals surface area contributed by atoms with Crippen LogP contribution in [-0.2, 0) is 6.42 Å². The third kappa shape index (κ3) is 2.15. The number of carbonyl (C=O) groups excluding carboxylic acids is 1. The van der Waals surface area contributed by atoms with Gasteiger partial charge in [-0.3, -0.25) is 4.79 Å². The van der Waals surface area contributed by atoms with E-state index in [0.717, 1.165) is 35.1 Å². The molecule has 0 amide bonds. The highest BCUT2D eigenvalue weighted by Crippen LogP contribution is 2.31. The molecule has 1 N–H and O–H groups in total. The summed E-state index contributed by atoms with van der Waals surface area (Å²) in [5.74, 6) is 0.191. The topological polar surface area (TPSA) is 36.1 Å². The average Bonchev–Trinajstić information content (AvgIpc) is 3.13. The molecule has 0 unspecified atom stereocenters. The molecule has 2 aromatic carbocycles. The van der Waals surface area contributed by atoms with Gasteiger partial charge in [0.1, 0.15) is 0 Å². The first-order chi connectivity index (χ1) is 11.2. The second kappa shape index (κ2) is 5.27. The van der Waals surface area contributed by atoms with E-state index in [0.29, 0.717) is 0 Å². The van der Waals surface area contributed by atoms with Crippen LogP contribution in [0.4, 0.5) is 5.69 Å². The molecule has 4 rings (SSSR count). The molecule has 1 aromatic heterocycles. The molecule has 0 spiro atoms. The molecule has 2 heterocycles. The van der Waals surface area contributed by atoms with Crippen molar-refractivity contribution in [1.82, 2.24) is 4.98 Å². The summed E-state index contributed by atoms with van der Waals surface area (Å²) in [7, 11) is 0. The number of aromatic amines is 1. The standard InChI is InChI=1S/C20H20N2O/c1-13-19(16-8-4-5-9-17(16)21-13)20(23)14(2)22-12-11-15-7-3-6-10-18(15)22/h3-10,14,21H,11-12H2,1-2H3/t14-/m0/s1. The number of hydrogen-bond donors (Lipinski definition) is 1. The number of hydrogen-bond acceptors (Lipinski definition) is 2. The fourth-order valence-corrected chi connectivity index (χ4v) is 3.71. The molecule has 116 valence electrons. The van der Waals surface area contributed by atoms with Crippen molar-refractivity contribution in [2.24, 2.45) is 0 Å². The van der Waals surface area contributed by atoms with Crippen LogP contribution in [0, 0.1) is 6.92 Å². The van der Waals surface area contributed by atoms with Crippen LogP contribution in [0.25, 0.3) is 10.9 Å². The van der Waals surface area contributed by atoms with Crippen molar-refractivity contribution in [3.8, 4) is 0 Å². The summed E-state index contributed by atoms with van der Waals surface area (Å²) in [5.41, 5.74) is 5.35. The second-order valence-electron chi connectivity index (χ2n) is 6.28. The van der Waals surface area contributed by atoms with E-state index in [9.17, 15) is 4.79 Å². The van der Waals surface area contributed by atoms with E-state index in [1.165, 1.54) is 11.3 Å². The smallest absolute Gasteiger partial charge is 0.187 e. The Morgan fingerprint density at radius 2 is 1.87 bits per heavy atom. The third-order valence-electron chi connectivity index (χ3n) is 4.91. The molecule has 0 saturated heterocycles. The Hall–Kier alpha value is -2.55. The van der Waals surface area contributed by atoms with Gasteiger partial charge in [0, 0.05) is 34.4 Å². The second-order valence-corrected chi connectivity index (χ2v) is 6.28. The maximum atomic E-state index is 13.2. The van der Waals surface area contributed by atoms with E-state index in [1.807, 2.05) is 44.2 Å². The quantitative estimate of drug-likeness (QED) is 0.739. The van der Waals surface area contributed by atoms with Crippen LogP contribution < -0.4 is 4.90 Å². The van der Waals surface area contributed by atoms with Crippen molar-refractivity contribution in [3.63, 3.8) is 0 Å². The van der Waals surface area contributed by atoms with Gasteiger partial charge in [0.2, 0.25) is 0 Å². The number of aromatic nitrogens is 1. The van der Waals surface area contributed by atoms with Gasteiger partial charge in [0.05, 0.1) is 6.04 Å². The number of carbonyl (C=O) groups is 1. The van der Waals surface area contributed by atoms with Gasteiger partial charge in [-0.15, -0.1) is 0 Å². The van der Waals surface area contributed by atoms with Crippen molar-refractivity contribution in [3.05, 3.63) is 65.4 Å². The lowest BCUT2D eigenvalue weighted by molar-refractivity contribution is 0.0966. The monoisotopic (exact) mass is 304 g/mol. The normalized spacial score (nSPS) is 15.0. The molecule has 1 aliphatic heterocycles. The lowest BCUT2D eigenvalue weighted by atomic mass is 10.0. The number of H-pyrrole nitrogens is 1. The zero-order valence-electron chi connectivity index (χ0n) is 13.5. The Kier molecular flexibility index (Phi) is 3.22. The Morgan fingerprint density at radius 3 is 2.74 bits per heavy atom. The minimum atomic E-state index is -0.156. The molecule has 0 aliphatic carbocycles. The van der Waals surface area contributed by atoms with Crippen molar-refractivity contribution < 1.29 is 4.79 Å². The molecule has 23 heavy (non-hydrogen) atoms. The number of rotatable bonds is 3. The van der Waals surface area contributed by atoms with E-state index >= 15 is 0 Å². The zero-order valence-corrected chi connectivity index (χ0v) is 13.5. The summed E-state index contributed by atoms with van der Waals surface area (Å²) < 4.78 is 0. The highest BCUT2D eigenvalue weighted by molar-refractivity contribution is 6.12. The minimum Gasteiger partial charge on any atom is -0.361 e. The number of nitrogens with zero attached hydrogens (tertiary/aromatic N) is 1. The van der Waals surface area contributed by atoms with Gasteiger partial charge in [-0.05, 0) is 38.0 Å². The number of ketones is 1. The van der Waals surface area contributed by atoms with E-state index in [4.69, 9.17) is 0 Å². The van der Waals surface area contributed by atoms with Crippen LogP contribution in [0.5, 0.6) is 0 Å². The number of nitrogens with one attached hydrogen (secondary N) is 1. The maximum Gasteiger partial charge on any atom is 0.187 e. The Balaban J connectivity index is 1.73. The minimum absolute atomic E-state index is 0.156. The maximum absolute atomic E-state index is 13.2. The summed E-state index contributed by atoms with van der Waals surface area (Å²) in [6, 6.07) is 16.3. The largest absolute Gasteiger partial charge is 0.361 e. The SMILES string of the molecule is Cc1[nH]c2ccccc2c1C(=O)[C@H](C)N1CCc2ccccc21. The van der Waals surface area contributed by atoms with Crippen molar-refractivity contribution in [2.45, 2.75) is 26.3 Å². The van der Waals surface area contributed by atoms with Crippen molar-refractivity contribution in [2.75, 3.05) is 11.4 Å². The van der Waals surface area contributed by atoms with Crippen LogP contribution in [0.15, 0.2) is 48.5 Å². The molecule has 0 saturated carbocycles. The predicted molar refractivity (Wildman–Crippen MR) is 94.3 cm³/mol. The molecule has 3 heteroatoms. The first-order valence-electron chi connectivity index (χ1n) is 8.13. The number of benzene rings is 2. The summed E-state index contributed by atoms with van der Waals surface area (Å²) in [6.45, 7) is 4.91. The first-order valence-corrected chi connectivity index (χ1v) is 8.13. The number of para-hydroxylation sites is 2. The number of anilines is 1. The first kappa shape index (κ1) is 14.1. The number of Topliss-reactive ketones (excluding diaryl/α,β-unsaturated/α-hetero) is 1. The van der Waals surface area contributed by atoms with Gasteiger partial charge >= 0.3 is 0 Å². The van der Waals surface area contributed by atoms with Gasteiger partial charge in [-0.25, -0.2) is 0 Å². The molecule has 0 radical (unpaired) electrons. The summed E-state index contributed by atoms with van der Waals surface area (Å²) in [4.78, 5) is 18.7. The average molecular weight is 304 g/mol. The Labute approximate surface area is 135 Å².